The maximum atomic E-state index is 11.8. The van der Waals surface area contributed by atoms with Crippen molar-refractivity contribution in [1.29, 1.82) is 0 Å². The first-order valence-corrected chi connectivity index (χ1v) is 8.90. The number of hydrogen-bond acceptors (Lipinski definition) is 4. The van der Waals surface area contributed by atoms with Gasteiger partial charge in [0, 0.05) is 5.02 Å². The lowest BCUT2D eigenvalue weighted by molar-refractivity contribution is -0.119. The molecule has 0 fully saturated rings. The molecule has 0 aliphatic carbocycles. The van der Waals surface area contributed by atoms with Crippen LogP contribution < -0.4 is 10.7 Å². The maximum Gasteiger partial charge on any atom is 0.259 e. The number of nitrogens with one attached hydrogen (secondary N) is 2. The summed E-state index contributed by atoms with van der Waals surface area (Å²) in [6.07, 6.45) is 1.46. The van der Waals surface area contributed by atoms with Gasteiger partial charge in [-0.05, 0) is 67.8 Å². The largest absolute Gasteiger partial charge is 0.506 e. The summed E-state index contributed by atoms with van der Waals surface area (Å²) in [5, 5.41) is 17.3. The average Bonchev–Trinajstić information content (AvgIpc) is 2.51. The van der Waals surface area contributed by atoms with Crippen molar-refractivity contribution in [2.75, 3.05) is 11.9 Å². The van der Waals surface area contributed by atoms with Crippen molar-refractivity contribution < 1.29 is 9.90 Å². The van der Waals surface area contributed by atoms with Gasteiger partial charge in [-0.3, -0.25) is 4.79 Å². The summed E-state index contributed by atoms with van der Waals surface area (Å²) in [7, 11) is 0. The molecule has 1 amide bonds. The summed E-state index contributed by atoms with van der Waals surface area (Å²) >= 11 is 18.2. The van der Waals surface area contributed by atoms with E-state index in [2.05, 4.69) is 47.7 Å². The van der Waals surface area contributed by atoms with Crippen LogP contribution in [0.5, 0.6) is 5.75 Å². The van der Waals surface area contributed by atoms with Crippen LogP contribution in [-0.2, 0) is 4.79 Å². The minimum absolute atomic E-state index is 0.00165. The van der Waals surface area contributed by atoms with Crippen LogP contribution in [0.4, 0.5) is 5.69 Å². The van der Waals surface area contributed by atoms with E-state index in [1.807, 2.05) is 0 Å². The molecular formula is C15H11Br2Cl2N3O2. The number of aromatic hydroxyl groups is 1. The number of carbonyl (C=O) groups is 1. The standard InChI is InChI=1S/C15H11Br2Cl2N3O2/c16-10-3-8(4-11(17)15(10)24)6-21-22-14(23)7-20-13-2-1-9(18)5-12(13)19/h1-6,20,24H,7H2,(H,22,23). The van der Waals surface area contributed by atoms with Crippen LogP contribution in [0.1, 0.15) is 5.56 Å². The van der Waals surface area contributed by atoms with Crippen LogP contribution in [0.2, 0.25) is 10.0 Å². The molecule has 3 N–H and O–H groups in total. The van der Waals surface area contributed by atoms with Crippen LogP contribution in [0.3, 0.4) is 0 Å². The maximum absolute atomic E-state index is 11.8. The number of hydrogen-bond donors (Lipinski definition) is 3. The molecule has 0 heterocycles. The van der Waals surface area contributed by atoms with Gasteiger partial charge in [0.2, 0.25) is 0 Å². The van der Waals surface area contributed by atoms with Gasteiger partial charge >= 0.3 is 0 Å². The Morgan fingerprint density at radius 2 is 1.88 bits per heavy atom. The van der Waals surface area contributed by atoms with E-state index in [-0.39, 0.29) is 18.2 Å². The third kappa shape index (κ3) is 5.37. The molecule has 0 aliphatic rings. The topological polar surface area (TPSA) is 73.7 Å². The molecule has 0 saturated heterocycles. The molecular weight excluding hydrogens is 485 g/mol. The van der Waals surface area contributed by atoms with E-state index < -0.39 is 0 Å². The average molecular weight is 496 g/mol. The number of anilines is 1. The van der Waals surface area contributed by atoms with E-state index in [9.17, 15) is 9.90 Å². The smallest absolute Gasteiger partial charge is 0.259 e. The number of phenolic OH excluding ortho intramolecular Hbond substituents is 1. The number of rotatable bonds is 5. The quantitative estimate of drug-likeness (QED) is 0.412. The third-order valence-electron chi connectivity index (χ3n) is 2.81. The van der Waals surface area contributed by atoms with Crippen molar-refractivity contribution in [1.82, 2.24) is 5.43 Å². The molecule has 0 radical (unpaired) electrons. The fourth-order valence-corrected chi connectivity index (χ4v) is 3.38. The molecule has 0 bridgehead atoms. The Bertz CT molecular complexity index is 777. The summed E-state index contributed by atoms with van der Waals surface area (Å²) in [6, 6.07) is 8.28. The summed E-state index contributed by atoms with van der Waals surface area (Å²) in [5.74, 6) is -0.241. The van der Waals surface area contributed by atoms with Crippen LogP contribution in [0, 0.1) is 0 Å². The Kier molecular flexibility index (Phi) is 6.91. The zero-order valence-electron chi connectivity index (χ0n) is 12.0. The lowest BCUT2D eigenvalue weighted by Gasteiger charge is -2.07. The second-order valence-corrected chi connectivity index (χ2v) is 7.16. The van der Waals surface area contributed by atoms with Crippen LogP contribution in [-0.4, -0.2) is 23.8 Å². The SMILES string of the molecule is O=C(CNc1ccc(Cl)cc1Cl)NN=Cc1cc(Br)c(O)c(Br)c1. The van der Waals surface area contributed by atoms with Crippen molar-refractivity contribution in [2.24, 2.45) is 5.10 Å². The number of halogens is 4. The Morgan fingerprint density at radius 3 is 2.50 bits per heavy atom. The summed E-state index contributed by atoms with van der Waals surface area (Å²) in [4.78, 5) is 11.8. The zero-order valence-corrected chi connectivity index (χ0v) is 16.7. The highest BCUT2D eigenvalue weighted by molar-refractivity contribution is 9.11. The Morgan fingerprint density at radius 1 is 1.21 bits per heavy atom. The molecule has 9 heteroatoms. The van der Waals surface area contributed by atoms with E-state index in [4.69, 9.17) is 23.2 Å². The first-order valence-electron chi connectivity index (χ1n) is 6.55. The second kappa shape index (κ2) is 8.71. The summed E-state index contributed by atoms with van der Waals surface area (Å²) < 4.78 is 1.03. The van der Waals surface area contributed by atoms with Gasteiger partial charge in [-0.1, -0.05) is 23.2 Å². The van der Waals surface area contributed by atoms with Crippen LogP contribution in [0.25, 0.3) is 0 Å². The molecule has 2 rings (SSSR count). The van der Waals surface area contributed by atoms with Gasteiger partial charge in [0.05, 0.1) is 32.4 Å². The highest BCUT2D eigenvalue weighted by Crippen LogP contribution is 2.32. The highest BCUT2D eigenvalue weighted by atomic mass is 79.9. The van der Waals surface area contributed by atoms with Crippen LogP contribution >= 0.6 is 55.1 Å². The lowest BCUT2D eigenvalue weighted by Crippen LogP contribution is -2.25. The minimum atomic E-state index is -0.339. The Balaban J connectivity index is 1.89. The van der Waals surface area contributed by atoms with E-state index in [1.54, 1.807) is 30.3 Å². The van der Waals surface area contributed by atoms with Gasteiger partial charge < -0.3 is 10.4 Å². The first kappa shape index (κ1) is 19.1. The lowest BCUT2D eigenvalue weighted by atomic mass is 10.2. The summed E-state index contributed by atoms with van der Waals surface area (Å²) in [5.41, 5.74) is 3.69. The highest BCUT2D eigenvalue weighted by Gasteiger charge is 2.06. The predicted molar refractivity (Wildman–Crippen MR) is 104 cm³/mol. The molecule has 0 unspecified atom stereocenters. The molecule has 24 heavy (non-hydrogen) atoms. The van der Waals surface area contributed by atoms with Crippen molar-refractivity contribution in [3.8, 4) is 5.75 Å². The fraction of sp³-hybridized carbons (Fsp3) is 0.0667. The molecule has 0 spiro atoms. The van der Waals surface area contributed by atoms with Crippen molar-refractivity contribution >= 4 is 72.9 Å². The molecule has 0 saturated carbocycles. The van der Waals surface area contributed by atoms with Crippen LogP contribution in [0.15, 0.2) is 44.4 Å². The predicted octanol–water partition coefficient (Wildman–Crippen LogP) is 4.79. The van der Waals surface area contributed by atoms with E-state index >= 15 is 0 Å². The Hall–Kier alpha value is -1.28. The number of nitrogens with zero attached hydrogens (tertiary/aromatic N) is 1. The van der Waals surface area contributed by atoms with E-state index in [0.717, 1.165) is 0 Å². The number of hydrazone groups is 1. The Labute approximate surface area is 165 Å². The molecule has 2 aromatic rings. The number of carbonyl (C=O) groups excluding carboxylic acids is 1. The normalized spacial score (nSPS) is 10.8. The van der Waals surface area contributed by atoms with Gasteiger partial charge in [-0.25, -0.2) is 5.43 Å². The molecule has 0 aliphatic heterocycles. The van der Waals surface area contributed by atoms with Gasteiger partial charge in [0.15, 0.2) is 0 Å². The van der Waals surface area contributed by atoms with E-state index in [1.165, 1.54) is 6.21 Å². The monoisotopic (exact) mass is 493 g/mol. The first-order chi connectivity index (χ1) is 11.4. The third-order valence-corrected chi connectivity index (χ3v) is 4.57. The molecule has 2 aromatic carbocycles. The van der Waals surface area contributed by atoms with Crippen molar-refractivity contribution in [3.63, 3.8) is 0 Å². The molecule has 0 aromatic heterocycles. The van der Waals surface area contributed by atoms with E-state index in [0.29, 0.717) is 30.2 Å². The number of phenols is 1. The molecule has 5 nitrogen and oxygen atoms in total. The van der Waals surface area contributed by atoms with Crippen molar-refractivity contribution in [3.05, 3.63) is 54.9 Å². The zero-order chi connectivity index (χ0) is 17.7. The second-order valence-electron chi connectivity index (χ2n) is 4.60. The number of benzene rings is 2. The van der Waals surface area contributed by atoms with Gasteiger partial charge in [-0.15, -0.1) is 0 Å². The van der Waals surface area contributed by atoms with Crippen molar-refractivity contribution in [2.45, 2.75) is 0 Å². The summed E-state index contributed by atoms with van der Waals surface area (Å²) in [6.45, 7) is 0.00165. The minimum Gasteiger partial charge on any atom is -0.506 e. The van der Waals surface area contributed by atoms with Gasteiger partial charge in [-0.2, -0.15) is 5.10 Å². The fourth-order valence-electron chi connectivity index (χ4n) is 1.69. The van der Waals surface area contributed by atoms with Gasteiger partial charge in [0.1, 0.15) is 5.75 Å². The molecule has 126 valence electrons. The van der Waals surface area contributed by atoms with Gasteiger partial charge in [0.25, 0.3) is 5.91 Å². The number of amides is 1. The molecule has 0 atom stereocenters.